The molecule has 1 heterocycles. The van der Waals surface area contributed by atoms with E-state index in [1.165, 1.54) is 4.79 Å². The van der Waals surface area contributed by atoms with Gasteiger partial charge in [-0.3, -0.25) is 0 Å². The molecule has 2 aromatic carbocycles. The largest absolute Gasteiger partial charge is 0.443 e. The number of para-hydroxylation sites is 1. The molecule has 0 bridgehead atoms. The highest BCUT2D eigenvalue weighted by Gasteiger charge is 2.19. The molecule has 0 aliphatic carbocycles. The molecule has 0 saturated carbocycles. The number of aliphatic hydroxyl groups is 1. The summed E-state index contributed by atoms with van der Waals surface area (Å²) < 4.78 is 5.28. The van der Waals surface area contributed by atoms with E-state index in [0.29, 0.717) is 23.9 Å². The fraction of sp³-hybridized carbons (Fsp3) is 0.350. The number of aryl methyl sites for hydroxylation is 1. The van der Waals surface area contributed by atoms with E-state index in [1.807, 2.05) is 48.5 Å². The maximum absolute atomic E-state index is 12.1. The van der Waals surface area contributed by atoms with Gasteiger partial charge in [0.25, 0.3) is 0 Å². The zero-order valence-electron chi connectivity index (χ0n) is 15.7. The highest BCUT2D eigenvalue weighted by molar-refractivity contribution is 5.82. The molecule has 1 atom stereocenters. The van der Waals surface area contributed by atoms with Crippen LogP contribution in [0.5, 0.6) is 0 Å². The minimum absolute atomic E-state index is 0.542. The molecule has 0 fully saturated rings. The van der Waals surface area contributed by atoms with E-state index in [4.69, 9.17) is 4.74 Å². The number of aromatic nitrogens is 3. The van der Waals surface area contributed by atoms with Gasteiger partial charge >= 0.3 is 6.09 Å². The number of carbonyl (C=O) groups is 1. The molecule has 0 saturated heterocycles. The molecule has 1 amide bonds. The number of nitrogens with zero attached hydrogens (tertiary/aromatic N) is 3. The van der Waals surface area contributed by atoms with Crippen LogP contribution in [-0.4, -0.2) is 31.9 Å². The van der Waals surface area contributed by atoms with Crippen molar-refractivity contribution < 1.29 is 14.6 Å². The summed E-state index contributed by atoms with van der Waals surface area (Å²) in [6, 6.07) is 15.2. The summed E-state index contributed by atoms with van der Waals surface area (Å²) in [5.41, 5.74) is 5.17. The van der Waals surface area contributed by atoms with Crippen LogP contribution in [0.3, 0.4) is 0 Å². The van der Waals surface area contributed by atoms with Crippen molar-refractivity contribution in [2.45, 2.75) is 45.3 Å². The highest BCUT2D eigenvalue weighted by Crippen LogP contribution is 2.22. The van der Waals surface area contributed by atoms with Crippen LogP contribution in [0, 0.1) is 0 Å². The Morgan fingerprint density at radius 1 is 1.19 bits per heavy atom. The lowest BCUT2D eigenvalue weighted by atomic mass is 10.0. The van der Waals surface area contributed by atoms with Gasteiger partial charge in [-0.05, 0) is 56.0 Å². The maximum atomic E-state index is 12.1. The Labute approximate surface area is 157 Å². The second kappa shape index (κ2) is 7.75. The number of carbonyl (C=O) groups excluding carboxylic acids is 1. The van der Waals surface area contributed by atoms with Gasteiger partial charge in [-0.25, -0.2) is 10.2 Å². The lowest BCUT2D eigenvalue weighted by molar-refractivity contribution is 0.0610. The number of amides is 1. The van der Waals surface area contributed by atoms with Crippen molar-refractivity contribution >= 4 is 17.1 Å². The topological polar surface area (TPSA) is 89.3 Å². The highest BCUT2D eigenvalue weighted by atomic mass is 16.6. The minimum Gasteiger partial charge on any atom is -0.443 e. The van der Waals surface area contributed by atoms with Gasteiger partial charge in [-0.1, -0.05) is 42.5 Å². The first-order chi connectivity index (χ1) is 12.8. The first kappa shape index (κ1) is 18.8. The van der Waals surface area contributed by atoms with Crippen LogP contribution < -0.4 is 5.43 Å². The van der Waals surface area contributed by atoms with Crippen molar-refractivity contribution in [3.63, 3.8) is 0 Å². The molecule has 7 heteroatoms. The molecule has 3 rings (SSSR count). The van der Waals surface area contributed by atoms with Gasteiger partial charge in [0, 0.05) is 0 Å². The Kier molecular flexibility index (Phi) is 5.41. The van der Waals surface area contributed by atoms with Crippen LogP contribution in [-0.2, 0) is 11.2 Å². The molecule has 0 radical (unpaired) electrons. The summed E-state index contributed by atoms with van der Waals surface area (Å²) >= 11 is 0. The van der Waals surface area contributed by atoms with Gasteiger partial charge in [-0.15, -0.1) is 9.89 Å². The number of hydrogen-bond donors (Lipinski definition) is 2. The van der Waals surface area contributed by atoms with Crippen LogP contribution >= 0.6 is 0 Å². The lowest BCUT2D eigenvalue weighted by Crippen LogP contribution is -2.32. The van der Waals surface area contributed by atoms with Gasteiger partial charge in [0.1, 0.15) is 16.6 Å². The summed E-state index contributed by atoms with van der Waals surface area (Å²) in [5.74, 6) is 0. The third kappa shape index (κ3) is 4.83. The number of fused-ring (bicyclic) bond motifs is 1. The number of hydrogen-bond acceptors (Lipinski definition) is 5. The number of ether oxygens (including phenoxy) is 1. The van der Waals surface area contributed by atoms with Crippen LogP contribution in [0.25, 0.3) is 11.0 Å². The van der Waals surface area contributed by atoms with Gasteiger partial charge < -0.3 is 9.84 Å². The van der Waals surface area contributed by atoms with Crippen molar-refractivity contribution in [2.24, 2.45) is 0 Å². The van der Waals surface area contributed by atoms with Crippen molar-refractivity contribution in [1.82, 2.24) is 15.1 Å². The molecule has 0 spiro atoms. The number of rotatable bonds is 5. The fourth-order valence-corrected chi connectivity index (χ4v) is 2.84. The normalized spacial score (nSPS) is 12.7. The second-order valence-electron chi connectivity index (χ2n) is 7.36. The molecule has 3 aromatic rings. The summed E-state index contributed by atoms with van der Waals surface area (Å²) in [4.78, 5) is 13.4. The predicted molar refractivity (Wildman–Crippen MR) is 103 cm³/mol. The van der Waals surface area contributed by atoms with Gasteiger partial charge in [-0.2, -0.15) is 0 Å². The van der Waals surface area contributed by atoms with Gasteiger partial charge in [0.05, 0.1) is 6.10 Å². The molecule has 142 valence electrons. The Balaban J connectivity index is 1.78. The van der Waals surface area contributed by atoms with Crippen LogP contribution in [0.15, 0.2) is 48.5 Å². The Morgan fingerprint density at radius 2 is 1.93 bits per heavy atom. The van der Waals surface area contributed by atoms with E-state index >= 15 is 0 Å². The number of benzene rings is 2. The SMILES string of the molecule is CC(C)(C)OC(=O)Nn1nnc2cccc(CC[C@@H](O)c3ccccc3)c21. The Hall–Kier alpha value is -2.93. The molecule has 0 unspecified atom stereocenters. The van der Waals surface area contributed by atoms with Crippen molar-refractivity contribution in [2.75, 3.05) is 5.43 Å². The van der Waals surface area contributed by atoms with E-state index in [-0.39, 0.29) is 0 Å². The average Bonchev–Trinajstić information content (AvgIpc) is 3.02. The zero-order valence-corrected chi connectivity index (χ0v) is 15.7. The zero-order chi connectivity index (χ0) is 19.4. The third-order valence-electron chi connectivity index (χ3n) is 4.02. The van der Waals surface area contributed by atoms with E-state index in [9.17, 15) is 9.90 Å². The maximum Gasteiger partial charge on any atom is 0.428 e. The van der Waals surface area contributed by atoms with E-state index < -0.39 is 17.8 Å². The summed E-state index contributed by atoms with van der Waals surface area (Å²) in [6.45, 7) is 5.38. The smallest absolute Gasteiger partial charge is 0.428 e. The first-order valence-corrected chi connectivity index (χ1v) is 8.90. The summed E-state index contributed by atoms with van der Waals surface area (Å²) in [5, 5.41) is 18.5. The fourth-order valence-electron chi connectivity index (χ4n) is 2.84. The molecule has 0 aliphatic rings. The second-order valence-corrected chi connectivity index (χ2v) is 7.36. The summed E-state index contributed by atoms with van der Waals surface area (Å²) in [7, 11) is 0. The van der Waals surface area contributed by atoms with Crippen LogP contribution in [0.4, 0.5) is 4.79 Å². The molecule has 27 heavy (non-hydrogen) atoms. The van der Waals surface area contributed by atoms with E-state index in [0.717, 1.165) is 11.1 Å². The standard InChI is InChI=1S/C20H24N4O3/c1-20(2,3)27-19(26)22-24-18-15(10-7-11-16(18)21-23-24)12-13-17(25)14-8-5-4-6-9-14/h4-11,17,25H,12-13H2,1-3H3,(H,22,26)/t17-/m1/s1. The summed E-state index contributed by atoms with van der Waals surface area (Å²) in [6.07, 6.45) is -0.0182. The Morgan fingerprint density at radius 3 is 2.63 bits per heavy atom. The minimum atomic E-state index is -0.608. The van der Waals surface area contributed by atoms with Crippen LogP contribution in [0.1, 0.15) is 44.4 Å². The lowest BCUT2D eigenvalue weighted by Gasteiger charge is -2.19. The van der Waals surface area contributed by atoms with Gasteiger partial charge in [0.2, 0.25) is 0 Å². The van der Waals surface area contributed by atoms with E-state index in [2.05, 4.69) is 15.7 Å². The quantitative estimate of drug-likeness (QED) is 0.718. The molecule has 2 N–H and O–H groups in total. The Bertz CT molecular complexity index is 916. The molecular weight excluding hydrogens is 344 g/mol. The number of nitrogens with one attached hydrogen (secondary N) is 1. The van der Waals surface area contributed by atoms with Crippen molar-refractivity contribution in [1.29, 1.82) is 0 Å². The van der Waals surface area contributed by atoms with Gasteiger partial charge in [0.15, 0.2) is 0 Å². The number of aliphatic hydroxyl groups excluding tert-OH is 1. The monoisotopic (exact) mass is 368 g/mol. The third-order valence-corrected chi connectivity index (χ3v) is 4.02. The molecule has 7 nitrogen and oxygen atoms in total. The first-order valence-electron chi connectivity index (χ1n) is 8.90. The van der Waals surface area contributed by atoms with Crippen molar-refractivity contribution in [3.05, 3.63) is 59.7 Å². The average molecular weight is 368 g/mol. The van der Waals surface area contributed by atoms with E-state index in [1.54, 1.807) is 20.8 Å². The molecule has 0 aliphatic heterocycles. The predicted octanol–water partition coefficient (Wildman–Crippen LogP) is 3.58. The van der Waals surface area contributed by atoms with Crippen molar-refractivity contribution in [3.8, 4) is 0 Å². The molecule has 1 aromatic heterocycles. The van der Waals surface area contributed by atoms with Crippen LogP contribution in [0.2, 0.25) is 0 Å². The molecular formula is C20H24N4O3.